The molecule has 102 valence electrons. The number of hydrogen-bond acceptors (Lipinski definition) is 5. The van der Waals surface area contributed by atoms with Gasteiger partial charge in [0, 0.05) is 19.7 Å². The van der Waals surface area contributed by atoms with E-state index < -0.39 is 0 Å². The molecule has 1 rings (SSSR count). The number of ether oxygens (including phenoxy) is 1. The third-order valence-corrected chi connectivity index (χ3v) is 2.29. The number of nitrogens with one attached hydrogen (secondary N) is 1. The molecule has 1 amide bonds. The van der Waals surface area contributed by atoms with E-state index in [-0.39, 0.29) is 12.0 Å². The largest absolute Gasteiger partial charge is 0.377 e. The molecule has 0 aliphatic heterocycles. The van der Waals surface area contributed by atoms with Gasteiger partial charge in [0.15, 0.2) is 5.69 Å². The summed E-state index contributed by atoms with van der Waals surface area (Å²) < 4.78 is 7.00. The Morgan fingerprint density at radius 3 is 3.11 bits per heavy atom. The van der Waals surface area contributed by atoms with E-state index in [1.165, 1.54) is 0 Å². The van der Waals surface area contributed by atoms with Crippen LogP contribution in [0.2, 0.25) is 0 Å². The molecule has 0 aromatic carbocycles. The zero-order chi connectivity index (χ0) is 13.4. The van der Waals surface area contributed by atoms with E-state index in [4.69, 9.17) is 10.5 Å². The second-order valence-electron chi connectivity index (χ2n) is 4.05. The summed E-state index contributed by atoms with van der Waals surface area (Å²) in [6.45, 7) is 6.14. The van der Waals surface area contributed by atoms with E-state index in [2.05, 4.69) is 15.6 Å². The van der Waals surface area contributed by atoms with Crippen molar-refractivity contribution in [2.24, 2.45) is 5.73 Å². The van der Waals surface area contributed by atoms with E-state index in [1.807, 2.05) is 13.8 Å². The number of rotatable bonds is 8. The van der Waals surface area contributed by atoms with Crippen molar-refractivity contribution in [3.05, 3.63) is 11.9 Å². The Morgan fingerprint density at radius 1 is 1.67 bits per heavy atom. The van der Waals surface area contributed by atoms with Gasteiger partial charge >= 0.3 is 0 Å². The maximum atomic E-state index is 11.7. The molecule has 0 unspecified atom stereocenters. The molecule has 0 spiro atoms. The highest BCUT2D eigenvalue weighted by Gasteiger charge is 2.11. The molecule has 1 heterocycles. The molecular weight excluding hydrogens is 234 g/mol. The SMILES string of the molecule is CCCO[C@H](C)CNC(=O)c1cn(CCN)nn1. The van der Waals surface area contributed by atoms with Crippen molar-refractivity contribution in [1.82, 2.24) is 20.3 Å². The minimum absolute atomic E-state index is 0.00649. The van der Waals surface area contributed by atoms with Crippen LogP contribution in [0.3, 0.4) is 0 Å². The lowest BCUT2D eigenvalue weighted by atomic mass is 10.3. The molecule has 0 radical (unpaired) electrons. The number of nitrogens with zero attached hydrogens (tertiary/aromatic N) is 3. The van der Waals surface area contributed by atoms with Crippen LogP contribution in [0, 0.1) is 0 Å². The summed E-state index contributed by atoms with van der Waals surface area (Å²) >= 11 is 0. The third-order valence-electron chi connectivity index (χ3n) is 2.29. The lowest BCUT2D eigenvalue weighted by Gasteiger charge is -2.12. The van der Waals surface area contributed by atoms with Crippen LogP contribution in [-0.4, -0.2) is 46.7 Å². The monoisotopic (exact) mass is 255 g/mol. The Kier molecular flexibility index (Phi) is 6.31. The highest BCUT2D eigenvalue weighted by Crippen LogP contribution is 1.95. The van der Waals surface area contributed by atoms with Crippen LogP contribution in [0.15, 0.2) is 6.20 Å². The van der Waals surface area contributed by atoms with Crippen LogP contribution in [0.25, 0.3) is 0 Å². The quantitative estimate of drug-likeness (QED) is 0.669. The molecular formula is C11H21N5O2. The van der Waals surface area contributed by atoms with Gasteiger partial charge in [0.05, 0.1) is 18.8 Å². The second kappa shape index (κ2) is 7.78. The fraction of sp³-hybridized carbons (Fsp3) is 0.727. The Labute approximate surface area is 107 Å². The highest BCUT2D eigenvalue weighted by atomic mass is 16.5. The topological polar surface area (TPSA) is 95.1 Å². The summed E-state index contributed by atoms with van der Waals surface area (Å²) in [5.41, 5.74) is 5.68. The molecule has 3 N–H and O–H groups in total. The van der Waals surface area contributed by atoms with E-state index in [0.717, 1.165) is 6.42 Å². The van der Waals surface area contributed by atoms with E-state index >= 15 is 0 Å². The number of nitrogens with two attached hydrogens (primary N) is 1. The maximum Gasteiger partial charge on any atom is 0.273 e. The van der Waals surface area contributed by atoms with Gasteiger partial charge in [-0.15, -0.1) is 5.10 Å². The zero-order valence-electron chi connectivity index (χ0n) is 10.9. The normalized spacial score (nSPS) is 12.4. The van der Waals surface area contributed by atoms with Crippen molar-refractivity contribution in [2.45, 2.75) is 32.9 Å². The number of aromatic nitrogens is 3. The Morgan fingerprint density at radius 2 is 2.44 bits per heavy atom. The molecule has 1 atom stereocenters. The first kappa shape index (κ1) is 14.6. The number of carbonyl (C=O) groups is 1. The number of amides is 1. The van der Waals surface area contributed by atoms with Crippen molar-refractivity contribution >= 4 is 5.91 Å². The molecule has 0 aliphatic carbocycles. The van der Waals surface area contributed by atoms with Crippen molar-refractivity contribution in [3.8, 4) is 0 Å². The van der Waals surface area contributed by atoms with Gasteiger partial charge in [0.2, 0.25) is 0 Å². The van der Waals surface area contributed by atoms with Crippen LogP contribution < -0.4 is 11.1 Å². The first-order chi connectivity index (χ1) is 8.67. The van der Waals surface area contributed by atoms with Crippen LogP contribution in [0.1, 0.15) is 30.8 Å². The fourth-order valence-corrected chi connectivity index (χ4v) is 1.35. The standard InChI is InChI=1S/C11H21N5O2/c1-3-6-18-9(2)7-13-11(17)10-8-16(5-4-12)15-14-10/h8-9H,3-7,12H2,1-2H3,(H,13,17)/t9-/m1/s1. The van der Waals surface area contributed by atoms with Crippen molar-refractivity contribution in [2.75, 3.05) is 19.7 Å². The van der Waals surface area contributed by atoms with Crippen LogP contribution in [-0.2, 0) is 11.3 Å². The molecule has 18 heavy (non-hydrogen) atoms. The third kappa shape index (κ3) is 4.80. The maximum absolute atomic E-state index is 11.7. The summed E-state index contributed by atoms with van der Waals surface area (Å²) in [5.74, 6) is -0.245. The van der Waals surface area contributed by atoms with Gasteiger partial charge in [-0.25, -0.2) is 0 Å². The Hall–Kier alpha value is -1.47. The highest BCUT2D eigenvalue weighted by molar-refractivity contribution is 5.91. The lowest BCUT2D eigenvalue weighted by Crippen LogP contribution is -2.32. The fourth-order valence-electron chi connectivity index (χ4n) is 1.35. The van der Waals surface area contributed by atoms with Crippen molar-refractivity contribution < 1.29 is 9.53 Å². The predicted octanol–water partition coefficient (Wildman–Crippen LogP) is -0.218. The molecule has 7 nitrogen and oxygen atoms in total. The van der Waals surface area contributed by atoms with Gasteiger partial charge in [-0.1, -0.05) is 12.1 Å². The van der Waals surface area contributed by atoms with E-state index in [0.29, 0.717) is 31.9 Å². The minimum atomic E-state index is -0.245. The van der Waals surface area contributed by atoms with Crippen molar-refractivity contribution in [3.63, 3.8) is 0 Å². The summed E-state index contributed by atoms with van der Waals surface area (Å²) in [4.78, 5) is 11.7. The molecule has 0 saturated carbocycles. The first-order valence-electron chi connectivity index (χ1n) is 6.17. The van der Waals surface area contributed by atoms with E-state index in [9.17, 15) is 4.79 Å². The zero-order valence-corrected chi connectivity index (χ0v) is 10.9. The molecule has 0 saturated heterocycles. The summed E-state index contributed by atoms with van der Waals surface area (Å²) in [6.07, 6.45) is 2.54. The average molecular weight is 255 g/mol. The molecule has 0 fully saturated rings. The minimum Gasteiger partial charge on any atom is -0.377 e. The summed E-state index contributed by atoms with van der Waals surface area (Å²) in [5, 5.41) is 10.3. The van der Waals surface area contributed by atoms with Gasteiger partial charge in [-0.2, -0.15) is 0 Å². The number of carbonyl (C=O) groups excluding carboxylic acids is 1. The van der Waals surface area contributed by atoms with Gasteiger partial charge in [0.1, 0.15) is 0 Å². The lowest BCUT2D eigenvalue weighted by molar-refractivity contribution is 0.0620. The van der Waals surface area contributed by atoms with E-state index in [1.54, 1.807) is 10.9 Å². The van der Waals surface area contributed by atoms with Crippen LogP contribution >= 0.6 is 0 Å². The van der Waals surface area contributed by atoms with Gasteiger partial charge < -0.3 is 15.8 Å². The smallest absolute Gasteiger partial charge is 0.273 e. The molecule has 7 heteroatoms. The molecule has 0 bridgehead atoms. The van der Waals surface area contributed by atoms with Crippen LogP contribution in [0.5, 0.6) is 0 Å². The van der Waals surface area contributed by atoms with Gasteiger partial charge in [-0.3, -0.25) is 9.48 Å². The van der Waals surface area contributed by atoms with Gasteiger partial charge in [0.25, 0.3) is 5.91 Å². The second-order valence-corrected chi connectivity index (χ2v) is 4.05. The molecule has 1 aromatic heterocycles. The molecule has 1 aromatic rings. The Balaban J connectivity index is 2.35. The predicted molar refractivity (Wildman–Crippen MR) is 67.1 cm³/mol. The number of hydrogen-bond donors (Lipinski definition) is 2. The Bertz CT molecular complexity index is 366. The van der Waals surface area contributed by atoms with Gasteiger partial charge in [-0.05, 0) is 13.3 Å². The average Bonchev–Trinajstić information content (AvgIpc) is 2.82. The molecule has 0 aliphatic rings. The summed E-state index contributed by atoms with van der Waals surface area (Å²) in [6, 6.07) is 0. The van der Waals surface area contributed by atoms with Crippen LogP contribution in [0.4, 0.5) is 0 Å². The summed E-state index contributed by atoms with van der Waals surface area (Å²) in [7, 11) is 0. The van der Waals surface area contributed by atoms with Crippen molar-refractivity contribution in [1.29, 1.82) is 0 Å². The first-order valence-corrected chi connectivity index (χ1v) is 6.17.